The van der Waals surface area contributed by atoms with Crippen LogP contribution in [0.5, 0.6) is 0 Å². The third-order valence-corrected chi connectivity index (χ3v) is 4.04. The number of nitrogens with one attached hydrogen (secondary N) is 1. The van der Waals surface area contributed by atoms with Crippen LogP contribution in [0.2, 0.25) is 5.02 Å². The second-order valence-corrected chi connectivity index (χ2v) is 5.71. The maximum absolute atomic E-state index is 6.32. The Morgan fingerprint density at radius 1 is 1.10 bits per heavy atom. The van der Waals surface area contributed by atoms with Crippen LogP contribution < -0.4 is 5.32 Å². The van der Waals surface area contributed by atoms with Crippen LogP contribution in [-0.2, 0) is 6.42 Å². The van der Waals surface area contributed by atoms with Crippen LogP contribution in [-0.4, -0.2) is 13.6 Å². The molecule has 2 heteroatoms. The summed E-state index contributed by atoms with van der Waals surface area (Å²) in [5, 5.41) is 4.18. The molecular weight excluding hydrogens is 266 g/mol. The summed E-state index contributed by atoms with van der Waals surface area (Å²) < 4.78 is 0. The predicted octanol–water partition coefficient (Wildman–Crippen LogP) is 4.58. The normalized spacial score (nSPS) is 12.3. The Bertz CT molecular complexity index is 536. The molecule has 1 unspecified atom stereocenters. The summed E-state index contributed by atoms with van der Waals surface area (Å²) in [6.45, 7) is 3.07. The Morgan fingerprint density at radius 3 is 2.50 bits per heavy atom. The highest BCUT2D eigenvalue weighted by Crippen LogP contribution is 2.24. The molecule has 1 N–H and O–H groups in total. The molecule has 0 heterocycles. The second-order valence-electron chi connectivity index (χ2n) is 5.30. The van der Waals surface area contributed by atoms with Crippen molar-refractivity contribution in [2.45, 2.75) is 25.7 Å². The van der Waals surface area contributed by atoms with E-state index in [1.807, 2.05) is 13.1 Å². The zero-order valence-corrected chi connectivity index (χ0v) is 13.0. The van der Waals surface area contributed by atoms with Gasteiger partial charge in [0.1, 0.15) is 0 Å². The first-order valence-corrected chi connectivity index (χ1v) is 7.53. The van der Waals surface area contributed by atoms with Crippen molar-refractivity contribution in [2.75, 3.05) is 13.6 Å². The topological polar surface area (TPSA) is 12.0 Å². The summed E-state index contributed by atoms with van der Waals surface area (Å²) in [7, 11) is 2.01. The maximum Gasteiger partial charge on any atom is 0.0440 e. The van der Waals surface area contributed by atoms with E-state index in [0.717, 1.165) is 24.4 Å². The number of aryl methyl sites for hydroxylation is 2. The molecule has 2 aromatic carbocycles. The van der Waals surface area contributed by atoms with Gasteiger partial charge in [-0.15, -0.1) is 0 Å². The summed E-state index contributed by atoms with van der Waals surface area (Å²) in [4.78, 5) is 0. The number of likely N-dealkylation sites (N-methyl/N-ethyl adjacent to an activating group) is 1. The van der Waals surface area contributed by atoms with Gasteiger partial charge in [-0.2, -0.15) is 0 Å². The largest absolute Gasteiger partial charge is 0.319 e. The molecule has 0 spiro atoms. The fourth-order valence-electron chi connectivity index (χ4n) is 2.54. The lowest BCUT2D eigenvalue weighted by atomic mass is 9.92. The van der Waals surface area contributed by atoms with E-state index in [0.29, 0.717) is 5.92 Å². The summed E-state index contributed by atoms with van der Waals surface area (Å²) in [5.41, 5.74) is 3.85. The lowest BCUT2D eigenvalue weighted by molar-refractivity contribution is 0.584. The third kappa shape index (κ3) is 4.09. The molecule has 2 rings (SSSR count). The monoisotopic (exact) mass is 287 g/mol. The van der Waals surface area contributed by atoms with Crippen molar-refractivity contribution in [1.29, 1.82) is 0 Å². The van der Waals surface area contributed by atoms with Gasteiger partial charge in [0.25, 0.3) is 0 Å². The van der Waals surface area contributed by atoms with Gasteiger partial charge in [-0.3, -0.25) is 0 Å². The molecule has 20 heavy (non-hydrogen) atoms. The number of hydrogen-bond donors (Lipinski definition) is 1. The average molecular weight is 288 g/mol. The highest BCUT2D eigenvalue weighted by molar-refractivity contribution is 6.31. The van der Waals surface area contributed by atoms with Crippen LogP contribution in [0.3, 0.4) is 0 Å². The van der Waals surface area contributed by atoms with Gasteiger partial charge in [-0.05, 0) is 55.5 Å². The molecule has 1 nitrogen and oxygen atoms in total. The van der Waals surface area contributed by atoms with Crippen LogP contribution in [0, 0.1) is 6.92 Å². The maximum atomic E-state index is 6.32. The lowest BCUT2D eigenvalue weighted by Gasteiger charge is -2.17. The van der Waals surface area contributed by atoms with E-state index in [1.165, 1.54) is 16.7 Å². The Labute approximate surface area is 127 Å². The summed E-state index contributed by atoms with van der Waals surface area (Å²) in [6, 6.07) is 17.0. The van der Waals surface area contributed by atoms with Crippen LogP contribution >= 0.6 is 11.6 Å². The van der Waals surface area contributed by atoms with E-state index in [2.05, 4.69) is 54.7 Å². The van der Waals surface area contributed by atoms with Gasteiger partial charge < -0.3 is 5.32 Å². The summed E-state index contributed by atoms with van der Waals surface area (Å²) in [6.07, 6.45) is 2.12. The van der Waals surface area contributed by atoms with Crippen molar-refractivity contribution in [1.82, 2.24) is 5.32 Å². The molecule has 0 saturated carbocycles. The number of halogens is 1. The Balaban J connectivity index is 2.06. The Morgan fingerprint density at radius 2 is 1.85 bits per heavy atom. The van der Waals surface area contributed by atoms with Gasteiger partial charge in [0.05, 0.1) is 0 Å². The molecule has 0 amide bonds. The predicted molar refractivity (Wildman–Crippen MR) is 87.6 cm³/mol. The minimum absolute atomic E-state index is 0.526. The molecule has 0 radical (unpaired) electrons. The van der Waals surface area contributed by atoms with Gasteiger partial charge in [-0.25, -0.2) is 0 Å². The number of hydrogen-bond acceptors (Lipinski definition) is 1. The van der Waals surface area contributed by atoms with E-state index in [1.54, 1.807) is 0 Å². The molecular formula is C18H22ClN. The third-order valence-electron chi connectivity index (χ3n) is 3.69. The molecule has 0 aliphatic carbocycles. The first-order chi connectivity index (χ1) is 9.70. The Hall–Kier alpha value is -1.31. The van der Waals surface area contributed by atoms with E-state index in [-0.39, 0.29) is 0 Å². The molecule has 0 fully saturated rings. The van der Waals surface area contributed by atoms with Crippen LogP contribution in [0.15, 0.2) is 48.5 Å². The van der Waals surface area contributed by atoms with Crippen molar-refractivity contribution < 1.29 is 0 Å². The fraction of sp³-hybridized carbons (Fsp3) is 0.333. The standard InChI is InChI=1S/C18H22ClN/c1-14-8-9-16(18(19)12-14)10-11-17(13-20-2)15-6-4-3-5-7-15/h3-9,12,17,20H,10-11,13H2,1-2H3. The van der Waals surface area contributed by atoms with E-state index < -0.39 is 0 Å². The van der Waals surface area contributed by atoms with Crippen LogP contribution in [0.1, 0.15) is 29.0 Å². The van der Waals surface area contributed by atoms with Crippen molar-refractivity contribution in [3.8, 4) is 0 Å². The fourth-order valence-corrected chi connectivity index (χ4v) is 2.87. The van der Waals surface area contributed by atoms with E-state index in [9.17, 15) is 0 Å². The van der Waals surface area contributed by atoms with E-state index in [4.69, 9.17) is 11.6 Å². The van der Waals surface area contributed by atoms with Gasteiger partial charge in [0.2, 0.25) is 0 Å². The molecule has 0 bridgehead atoms. The van der Waals surface area contributed by atoms with Gasteiger partial charge in [0, 0.05) is 11.6 Å². The zero-order valence-electron chi connectivity index (χ0n) is 12.2. The van der Waals surface area contributed by atoms with Gasteiger partial charge in [0.15, 0.2) is 0 Å². The van der Waals surface area contributed by atoms with Crippen molar-refractivity contribution in [3.63, 3.8) is 0 Å². The van der Waals surface area contributed by atoms with Crippen molar-refractivity contribution in [2.24, 2.45) is 0 Å². The number of benzene rings is 2. The molecule has 1 atom stereocenters. The van der Waals surface area contributed by atoms with Crippen molar-refractivity contribution >= 4 is 11.6 Å². The zero-order chi connectivity index (χ0) is 14.4. The second kappa shape index (κ2) is 7.47. The summed E-state index contributed by atoms with van der Waals surface area (Å²) in [5.74, 6) is 0.526. The quantitative estimate of drug-likeness (QED) is 0.820. The average Bonchev–Trinajstić information content (AvgIpc) is 2.46. The highest BCUT2D eigenvalue weighted by atomic mass is 35.5. The summed E-state index contributed by atoms with van der Waals surface area (Å²) >= 11 is 6.32. The molecule has 0 saturated heterocycles. The molecule has 2 aromatic rings. The smallest absolute Gasteiger partial charge is 0.0440 e. The van der Waals surface area contributed by atoms with Crippen molar-refractivity contribution in [3.05, 3.63) is 70.2 Å². The highest BCUT2D eigenvalue weighted by Gasteiger charge is 2.11. The van der Waals surface area contributed by atoms with Gasteiger partial charge in [-0.1, -0.05) is 54.1 Å². The minimum Gasteiger partial charge on any atom is -0.319 e. The lowest BCUT2D eigenvalue weighted by Crippen LogP contribution is -2.18. The SMILES string of the molecule is CNCC(CCc1ccc(C)cc1Cl)c1ccccc1. The first kappa shape index (κ1) is 15.1. The molecule has 0 aliphatic heterocycles. The van der Waals surface area contributed by atoms with Crippen LogP contribution in [0.25, 0.3) is 0 Å². The molecule has 106 valence electrons. The number of rotatable bonds is 6. The molecule has 0 aliphatic rings. The Kier molecular flexibility index (Phi) is 5.63. The van der Waals surface area contributed by atoms with Crippen LogP contribution in [0.4, 0.5) is 0 Å². The molecule has 0 aromatic heterocycles. The first-order valence-electron chi connectivity index (χ1n) is 7.15. The van der Waals surface area contributed by atoms with Gasteiger partial charge >= 0.3 is 0 Å². The van der Waals surface area contributed by atoms with E-state index >= 15 is 0 Å². The minimum atomic E-state index is 0.526.